The first-order chi connectivity index (χ1) is 10.1. The van der Waals surface area contributed by atoms with Gasteiger partial charge in [0.25, 0.3) is 0 Å². The first-order valence-electron chi connectivity index (χ1n) is 6.07. The van der Waals surface area contributed by atoms with Gasteiger partial charge < -0.3 is 9.84 Å². The molecular formula is C15H9ClN2O3. The first kappa shape index (κ1) is 13.3. The van der Waals surface area contributed by atoms with Gasteiger partial charge in [0.05, 0.1) is 10.9 Å². The van der Waals surface area contributed by atoms with Gasteiger partial charge in [0, 0.05) is 5.02 Å². The third kappa shape index (κ3) is 2.78. The van der Waals surface area contributed by atoms with Gasteiger partial charge in [0.15, 0.2) is 0 Å². The molecule has 5 nitrogen and oxygen atoms in total. The van der Waals surface area contributed by atoms with Crippen molar-refractivity contribution in [2.24, 2.45) is 0 Å². The van der Waals surface area contributed by atoms with Gasteiger partial charge in [-0.3, -0.25) is 0 Å². The molecule has 1 N–H and O–H groups in total. The molecule has 0 saturated heterocycles. The molecule has 21 heavy (non-hydrogen) atoms. The third-order valence-electron chi connectivity index (χ3n) is 2.77. The molecule has 0 saturated carbocycles. The lowest BCUT2D eigenvalue weighted by Crippen LogP contribution is -2.05. The number of aromatic carboxylic acids is 1. The lowest BCUT2D eigenvalue weighted by atomic mass is 10.2. The summed E-state index contributed by atoms with van der Waals surface area (Å²) >= 11 is 5.90. The second kappa shape index (κ2) is 5.38. The minimum absolute atomic E-state index is 0.181. The monoisotopic (exact) mass is 300 g/mol. The van der Waals surface area contributed by atoms with Crippen molar-refractivity contribution < 1.29 is 14.6 Å². The normalized spacial score (nSPS) is 10.5. The molecule has 3 rings (SSSR count). The van der Waals surface area contributed by atoms with Crippen LogP contribution in [-0.4, -0.2) is 21.0 Å². The van der Waals surface area contributed by atoms with Crippen molar-refractivity contribution in [3.05, 3.63) is 59.4 Å². The highest BCUT2D eigenvalue weighted by atomic mass is 35.5. The summed E-state index contributed by atoms with van der Waals surface area (Å²) in [7, 11) is 0. The lowest BCUT2D eigenvalue weighted by Gasteiger charge is -2.08. The molecule has 2 aromatic carbocycles. The van der Waals surface area contributed by atoms with Crippen LogP contribution in [0.15, 0.2) is 48.5 Å². The van der Waals surface area contributed by atoms with Crippen LogP contribution in [-0.2, 0) is 0 Å². The number of rotatable bonds is 3. The number of carboxylic acids is 1. The second-order valence-corrected chi connectivity index (χ2v) is 4.67. The highest BCUT2D eigenvalue weighted by Crippen LogP contribution is 2.28. The number of ether oxygens (including phenoxy) is 1. The molecule has 0 unspecified atom stereocenters. The van der Waals surface area contributed by atoms with E-state index in [2.05, 4.69) is 9.97 Å². The minimum atomic E-state index is -1.21. The van der Waals surface area contributed by atoms with E-state index in [4.69, 9.17) is 21.4 Å². The SMILES string of the molecule is O=C(O)c1nc(Oc2cccc(Cl)c2)c2ccccc2n1. The van der Waals surface area contributed by atoms with Gasteiger partial charge >= 0.3 is 5.97 Å². The van der Waals surface area contributed by atoms with Gasteiger partial charge in [-0.05, 0) is 30.3 Å². The van der Waals surface area contributed by atoms with Crippen LogP contribution < -0.4 is 4.74 Å². The fourth-order valence-corrected chi connectivity index (χ4v) is 2.04. The van der Waals surface area contributed by atoms with E-state index in [0.29, 0.717) is 21.7 Å². The van der Waals surface area contributed by atoms with Crippen molar-refractivity contribution in [1.82, 2.24) is 9.97 Å². The minimum Gasteiger partial charge on any atom is -0.475 e. The molecule has 104 valence electrons. The number of aromatic nitrogens is 2. The Kier molecular flexibility index (Phi) is 3.41. The predicted molar refractivity (Wildman–Crippen MR) is 78.0 cm³/mol. The zero-order chi connectivity index (χ0) is 14.8. The maximum atomic E-state index is 11.1. The fraction of sp³-hybridized carbons (Fsp3) is 0. The summed E-state index contributed by atoms with van der Waals surface area (Å²) in [6.45, 7) is 0. The Morgan fingerprint density at radius 1 is 1.10 bits per heavy atom. The van der Waals surface area contributed by atoms with Crippen LogP contribution >= 0.6 is 11.6 Å². The maximum Gasteiger partial charge on any atom is 0.374 e. The van der Waals surface area contributed by atoms with Crippen molar-refractivity contribution >= 4 is 28.5 Å². The summed E-state index contributed by atoms with van der Waals surface area (Å²) in [5.41, 5.74) is 0.502. The van der Waals surface area contributed by atoms with Crippen molar-refractivity contribution in [2.75, 3.05) is 0 Å². The second-order valence-electron chi connectivity index (χ2n) is 4.23. The summed E-state index contributed by atoms with van der Waals surface area (Å²) in [6.07, 6.45) is 0. The lowest BCUT2D eigenvalue weighted by molar-refractivity contribution is 0.0683. The Bertz CT molecular complexity index is 836. The maximum absolute atomic E-state index is 11.1. The third-order valence-corrected chi connectivity index (χ3v) is 3.01. The van der Waals surface area contributed by atoms with Crippen molar-refractivity contribution in [1.29, 1.82) is 0 Å². The zero-order valence-corrected chi connectivity index (χ0v) is 11.4. The van der Waals surface area contributed by atoms with E-state index in [-0.39, 0.29) is 11.7 Å². The van der Waals surface area contributed by atoms with E-state index >= 15 is 0 Å². The van der Waals surface area contributed by atoms with Gasteiger partial charge in [-0.1, -0.05) is 29.8 Å². The molecule has 1 heterocycles. The Labute approximate surface area is 124 Å². The highest BCUT2D eigenvalue weighted by molar-refractivity contribution is 6.30. The molecule has 0 fully saturated rings. The van der Waals surface area contributed by atoms with E-state index in [1.54, 1.807) is 48.5 Å². The van der Waals surface area contributed by atoms with Crippen LogP contribution in [0.5, 0.6) is 11.6 Å². The number of carbonyl (C=O) groups is 1. The summed E-state index contributed by atoms with van der Waals surface area (Å²) in [5.74, 6) is -0.870. The summed E-state index contributed by atoms with van der Waals surface area (Å²) in [4.78, 5) is 19.0. The highest BCUT2D eigenvalue weighted by Gasteiger charge is 2.14. The number of para-hydroxylation sites is 1. The average Bonchev–Trinajstić information content (AvgIpc) is 2.47. The van der Waals surface area contributed by atoms with Crippen LogP contribution in [0.4, 0.5) is 0 Å². The summed E-state index contributed by atoms with van der Waals surface area (Å²) in [5, 5.41) is 10.2. The van der Waals surface area contributed by atoms with Gasteiger partial charge in [-0.25, -0.2) is 9.78 Å². The molecule has 0 radical (unpaired) electrons. The standard InChI is InChI=1S/C15H9ClN2O3/c16-9-4-3-5-10(8-9)21-14-11-6-1-2-7-12(11)17-13(18-14)15(19)20/h1-8H,(H,19,20). The molecule has 6 heteroatoms. The smallest absolute Gasteiger partial charge is 0.374 e. The largest absolute Gasteiger partial charge is 0.475 e. The average molecular weight is 301 g/mol. The number of nitrogens with zero attached hydrogens (tertiary/aromatic N) is 2. The first-order valence-corrected chi connectivity index (χ1v) is 6.45. The topological polar surface area (TPSA) is 72.3 Å². The molecule has 0 bridgehead atoms. The van der Waals surface area contributed by atoms with Gasteiger partial charge in [0.2, 0.25) is 11.7 Å². The van der Waals surface area contributed by atoms with E-state index in [9.17, 15) is 4.79 Å². The molecule has 0 aliphatic heterocycles. The van der Waals surface area contributed by atoms with Crippen molar-refractivity contribution in [3.63, 3.8) is 0 Å². The Morgan fingerprint density at radius 3 is 2.67 bits per heavy atom. The number of hydrogen-bond acceptors (Lipinski definition) is 4. The predicted octanol–water partition coefficient (Wildman–Crippen LogP) is 3.77. The quantitative estimate of drug-likeness (QED) is 0.797. The number of benzene rings is 2. The number of carboxylic acid groups (broad SMARTS) is 1. The molecule has 3 aromatic rings. The van der Waals surface area contributed by atoms with E-state index < -0.39 is 5.97 Å². The van der Waals surface area contributed by atoms with E-state index in [1.165, 1.54) is 0 Å². The molecule has 0 atom stereocenters. The van der Waals surface area contributed by atoms with E-state index in [1.807, 2.05) is 0 Å². The summed E-state index contributed by atoms with van der Waals surface area (Å²) in [6, 6.07) is 13.8. The van der Waals surface area contributed by atoms with Gasteiger partial charge in [-0.2, -0.15) is 4.98 Å². The molecule has 0 spiro atoms. The molecule has 0 amide bonds. The van der Waals surface area contributed by atoms with Crippen LogP contribution in [0.1, 0.15) is 10.6 Å². The fourth-order valence-electron chi connectivity index (χ4n) is 1.86. The number of fused-ring (bicyclic) bond motifs is 1. The Balaban J connectivity index is 2.13. The Morgan fingerprint density at radius 2 is 1.90 bits per heavy atom. The van der Waals surface area contributed by atoms with Crippen LogP contribution in [0.2, 0.25) is 5.02 Å². The number of hydrogen-bond donors (Lipinski definition) is 1. The zero-order valence-electron chi connectivity index (χ0n) is 10.7. The van der Waals surface area contributed by atoms with Gasteiger partial charge in [-0.15, -0.1) is 0 Å². The van der Waals surface area contributed by atoms with Crippen LogP contribution in [0.3, 0.4) is 0 Å². The number of halogens is 1. The molecule has 0 aliphatic rings. The van der Waals surface area contributed by atoms with Crippen LogP contribution in [0, 0.1) is 0 Å². The summed E-state index contributed by atoms with van der Waals surface area (Å²) < 4.78 is 5.66. The van der Waals surface area contributed by atoms with Gasteiger partial charge in [0.1, 0.15) is 5.75 Å². The van der Waals surface area contributed by atoms with E-state index in [0.717, 1.165) is 0 Å². The molecular weight excluding hydrogens is 292 g/mol. The van der Waals surface area contributed by atoms with Crippen LogP contribution in [0.25, 0.3) is 10.9 Å². The van der Waals surface area contributed by atoms with Crippen molar-refractivity contribution in [2.45, 2.75) is 0 Å². The molecule has 0 aliphatic carbocycles. The molecule has 1 aromatic heterocycles. The van der Waals surface area contributed by atoms with Crippen molar-refractivity contribution in [3.8, 4) is 11.6 Å². The Hall–Kier alpha value is -2.66.